The molecule has 1 aromatic carbocycles. The zero-order valence-electron chi connectivity index (χ0n) is 7.66. The van der Waals surface area contributed by atoms with E-state index in [2.05, 4.69) is 0 Å². The molecule has 0 amide bonds. The van der Waals surface area contributed by atoms with Crippen molar-refractivity contribution in [2.75, 3.05) is 13.7 Å². The maximum atomic E-state index is 13.1. The molecule has 0 aliphatic carbocycles. The van der Waals surface area contributed by atoms with Crippen LogP contribution in [0.4, 0.5) is 4.39 Å². The highest BCUT2D eigenvalue weighted by Crippen LogP contribution is 2.08. The van der Waals surface area contributed by atoms with Crippen LogP contribution in [0.25, 0.3) is 0 Å². The summed E-state index contributed by atoms with van der Waals surface area (Å²) in [6.45, 7) is 0.453. The van der Waals surface area contributed by atoms with Gasteiger partial charge in [0.2, 0.25) is 0 Å². The lowest BCUT2D eigenvalue weighted by molar-refractivity contribution is 0.179. The number of halogens is 1. The monoisotopic (exact) mass is 183 g/mol. The Morgan fingerprint density at radius 1 is 1.46 bits per heavy atom. The Balaban J connectivity index is 2.58. The van der Waals surface area contributed by atoms with Crippen molar-refractivity contribution in [1.82, 2.24) is 0 Å². The second kappa shape index (κ2) is 4.94. The average molecular weight is 183 g/mol. The molecule has 2 nitrogen and oxygen atoms in total. The summed E-state index contributed by atoms with van der Waals surface area (Å²) >= 11 is 0. The van der Waals surface area contributed by atoms with Crippen LogP contribution in [-0.4, -0.2) is 19.8 Å². The molecule has 0 saturated carbocycles. The fraction of sp³-hybridized carbons (Fsp3) is 0.400. The van der Waals surface area contributed by atoms with Crippen molar-refractivity contribution in [3.05, 3.63) is 35.6 Å². The van der Waals surface area contributed by atoms with Gasteiger partial charge in [-0.2, -0.15) is 0 Å². The number of rotatable bonds is 4. The first-order valence-electron chi connectivity index (χ1n) is 4.22. The molecule has 1 atom stereocenters. The van der Waals surface area contributed by atoms with Crippen LogP contribution in [0.2, 0.25) is 0 Å². The van der Waals surface area contributed by atoms with E-state index < -0.39 is 0 Å². The van der Waals surface area contributed by atoms with Crippen LogP contribution in [0.3, 0.4) is 0 Å². The van der Waals surface area contributed by atoms with Crippen molar-refractivity contribution in [3.63, 3.8) is 0 Å². The van der Waals surface area contributed by atoms with Crippen molar-refractivity contribution in [1.29, 1.82) is 0 Å². The lowest BCUT2D eigenvalue weighted by atomic mass is 10.1. The van der Waals surface area contributed by atoms with Crippen molar-refractivity contribution in [3.8, 4) is 0 Å². The summed E-state index contributed by atoms with van der Waals surface area (Å²) in [4.78, 5) is 0. The number of methoxy groups -OCH3 is 1. The van der Waals surface area contributed by atoms with E-state index in [1.807, 2.05) is 0 Å². The molecule has 3 heteroatoms. The van der Waals surface area contributed by atoms with Crippen LogP contribution < -0.4 is 5.73 Å². The molecule has 2 N–H and O–H groups in total. The quantitative estimate of drug-likeness (QED) is 0.764. The Kier molecular flexibility index (Phi) is 3.86. The van der Waals surface area contributed by atoms with Crippen molar-refractivity contribution in [2.24, 2.45) is 5.73 Å². The van der Waals surface area contributed by atoms with Gasteiger partial charge in [-0.1, -0.05) is 18.2 Å². The SMILES string of the molecule is COCC(N)Cc1ccccc1F. The fourth-order valence-electron chi connectivity index (χ4n) is 1.22. The highest BCUT2D eigenvalue weighted by molar-refractivity contribution is 5.18. The minimum absolute atomic E-state index is 0.137. The summed E-state index contributed by atoms with van der Waals surface area (Å²) in [5.74, 6) is -0.200. The number of benzene rings is 1. The molecule has 0 bridgehead atoms. The predicted molar refractivity (Wildman–Crippen MR) is 50.0 cm³/mol. The van der Waals surface area contributed by atoms with E-state index in [0.29, 0.717) is 18.6 Å². The third-order valence-corrected chi connectivity index (χ3v) is 1.82. The van der Waals surface area contributed by atoms with Crippen LogP contribution in [0, 0.1) is 5.82 Å². The summed E-state index contributed by atoms with van der Waals surface area (Å²) in [6, 6.07) is 6.51. The van der Waals surface area contributed by atoms with Crippen LogP contribution in [0.1, 0.15) is 5.56 Å². The zero-order valence-corrected chi connectivity index (χ0v) is 7.66. The Morgan fingerprint density at radius 3 is 2.77 bits per heavy atom. The van der Waals surface area contributed by atoms with Gasteiger partial charge < -0.3 is 10.5 Å². The van der Waals surface area contributed by atoms with Gasteiger partial charge in [-0.05, 0) is 18.1 Å². The van der Waals surface area contributed by atoms with Crippen LogP contribution >= 0.6 is 0 Å². The van der Waals surface area contributed by atoms with Gasteiger partial charge in [-0.25, -0.2) is 4.39 Å². The van der Waals surface area contributed by atoms with Crippen molar-refractivity contribution in [2.45, 2.75) is 12.5 Å². The van der Waals surface area contributed by atoms with E-state index in [4.69, 9.17) is 10.5 Å². The maximum absolute atomic E-state index is 13.1. The molecule has 1 unspecified atom stereocenters. The molecule has 0 fully saturated rings. The third kappa shape index (κ3) is 3.13. The summed E-state index contributed by atoms with van der Waals surface area (Å²) in [5.41, 5.74) is 6.34. The molecule has 0 aliphatic rings. The molecule has 0 aliphatic heterocycles. The van der Waals surface area contributed by atoms with E-state index in [1.165, 1.54) is 6.07 Å². The molecule has 0 radical (unpaired) electrons. The predicted octanol–water partition coefficient (Wildman–Crippen LogP) is 1.34. The van der Waals surface area contributed by atoms with Crippen LogP contribution in [0.15, 0.2) is 24.3 Å². The number of ether oxygens (including phenoxy) is 1. The Morgan fingerprint density at radius 2 is 2.15 bits per heavy atom. The van der Waals surface area contributed by atoms with Gasteiger partial charge in [0, 0.05) is 13.2 Å². The normalized spacial score (nSPS) is 12.8. The highest BCUT2D eigenvalue weighted by Gasteiger charge is 2.06. The van der Waals surface area contributed by atoms with Crippen molar-refractivity contribution < 1.29 is 9.13 Å². The molecular weight excluding hydrogens is 169 g/mol. The van der Waals surface area contributed by atoms with Crippen molar-refractivity contribution >= 4 is 0 Å². The lowest BCUT2D eigenvalue weighted by Gasteiger charge is -2.10. The summed E-state index contributed by atoms with van der Waals surface area (Å²) in [5, 5.41) is 0. The standard InChI is InChI=1S/C10H14FNO/c1-13-7-9(12)6-8-4-2-3-5-10(8)11/h2-5,9H,6-7,12H2,1H3. The number of hydrogen-bond donors (Lipinski definition) is 1. The van der Waals surface area contributed by atoms with Gasteiger partial charge in [-0.15, -0.1) is 0 Å². The first-order valence-corrected chi connectivity index (χ1v) is 4.22. The fourth-order valence-corrected chi connectivity index (χ4v) is 1.22. The Labute approximate surface area is 77.5 Å². The van der Waals surface area contributed by atoms with Gasteiger partial charge in [0.1, 0.15) is 5.82 Å². The van der Waals surface area contributed by atoms with Crippen LogP contribution in [-0.2, 0) is 11.2 Å². The molecule has 1 aromatic rings. The van der Waals surface area contributed by atoms with E-state index in [1.54, 1.807) is 25.3 Å². The molecular formula is C10H14FNO. The van der Waals surface area contributed by atoms with Gasteiger partial charge in [-0.3, -0.25) is 0 Å². The molecule has 0 aromatic heterocycles. The Hall–Kier alpha value is -0.930. The van der Waals surface area contributed by atoms with Gasteiger partial charge >= 0.3 is 0 Å². The summed E-state index contributed by atoms with van der Waals surface area (Å²) in [6.07, 6.45) is 0.514. The summed E-state index contributed by atoms with van der Waals surface area (Å²) < 4.78 is 18.0. The first kappa shape index (κ1) is 10.2. The lowest BCUT2D eigenvalue weighted by Crippen LogP contribution is -2.28. The smallest absolute Gasteiger partial charge is 0.126 e. The average Bonchev–Trinajstić information content (AvgIpc) is 2.09. The molecule has 0 spiro atoms. The molecule has 0 saturated heterocycles. The number of nitrogens with two attached hydrogens (primary N) is 1. The van der Waals surface area contributed by atoms with Crippen LogP contribution in [0.5, 0.6) is 0 Å². The minimum atomic E-state index is -0.200. The van der Waals surface area contributed by atoms with E-state index in [0.717, 1.165) is 0 Å². The topological polar surface area (TPSA) is 35.2 Å². The largest absolute Gasteiger partial charge is 0.383 e. The minimum Gasteiger partial charge on any atom is -0.383 e. The molecule has 72 valence electrons. The second-order valence-corrected chi connectivity index (χ2v) is 3.01. The van der Waals surface area contributed by atoms with Gasteiger partial charge in [0.05, 0.1) is 6.61 Å². The second-order valence-electron chi connectivity index (χ2n) is 3.01. The molecule has 1 rings (SSSR count). The maximum Gasteiger partial charge on any atom is 0.126 e. The van der Waals surface area contributed by atoms with Gasteiger partial charge in [0.25, 0.3) is 0 Å². The zero-order chi connectivity index (χ0) is 9.68. The van der Waals surface area contributed by atoms with E-state index in [-0.39, 0.29) is 11.9 Å². The summed E-state index contributed by atoms with van der Waals surface area (Å²) in [7, 11) is 1.58. The van der Waals surface area contributed by atoms with E-state index >= 15 is 0 Å². The third-order valence-electron chi connectivity index (χ3n) is 1.82. The van der Waals surface area contributed by atoms with Gasteiger partial charge in [0.15, 0.2) is 0 Å². The van der Waals surface area contributed by atoms with E-state index in [9.17, 15) is 4.39 Å². The molecule has 0 heterocycles. The Bertz CT molecular complexity index is 265. The molecule has 13 heavy (non-hydrogen) atoms. The highest BCUT2D eigenvalue weighted by atomic mass is 19.1. The number of hydrogen-bond acceptors (Lipinski definition) is 2. The first-order chi connectivity index (χ1) is 6.24.